The Labute approximate surface area is 235 Å². The van der Waals surface area contributed by atoms with Crippen LogP contribution in [-0.2, 0) is 12.7 Å². The fourth-order valence-electron chi connectivity index (χ4n) is 4.85. The molecule has 0 saturated heterocycles. The summed E-state index contributed by atoms with van der Waals surface area (Å²) in [4.78, 5) is 28.8. The third-order valence-corrected chi connectivity index (χ3v) is 6.81. The quantitative estimate of drug-likeness (QED) is 0.125. The molecule has 208 valence electrons. The first-order chi connectivity index (χ1) is 20.2. The number of para-hydroxylation sites is 2. The normalized spacial score (nSPS) is 12.0. The second-order valence-electron chi connectivity index (χ2n) is 9.55. The average Bonchev–Trinajstić information content (AvgIpc) is 3.33. The van der Waals surface area contributed by atoms with Gasteiger partial charge in [-0.2, -0.15) is 22.9 Å². The Bertz CT molecular complexity index is 2080. The lowest BCUT2D eigenvalue weighted by Crippen LogP contribution is -2.20. The number of nitro benzene ring substituents is 1. The van der Waals surface area contributed by atoms with Gasteiger partial charge in [0.2, 0.25) is 0 Å². The summed E-state index contributed by atoms with van der Waals surface area (Å²) in [5, 5.41) is 16.7. The molecule has 2 aromatic heterocycles. The van der Waals surface area contributed by atoms with Crippen molar-refractivity contribution in [2.45, 2.75) is 12.7 Å². The molecule has 0 spiro atoms. The first-order valence-corrected chi connectivity index (χ1v) is 12.7. The molecule has 0 unspecified atom stereocenters. The minimum absolute atomic E-state index is 0.0175. The molecule has 0 aliphatic rings. The maximum absolute atomic E-state index is 13.5. The van der Waals surface area contributed by atoms with Crippen molar-refractivity contribution in [3.63, 3.8) is 0 Å². The van der Waals surface area contributed by atoms with E-state index in [9.17, 15) is 28.1 Å². The molecule has 11 heteroatoms. The van der Waals surface area contributed by atoms with Gasteiger partial charge in [0.15, 0.2) is 5.82 Å². The number of fused-ring (bicyclic) bond motifs is 2. The molecule has 0 amide bonds. The molecule has 0 fully saturated rings. The smallest absolute Gasteiger partial charge is 0.342 e. The van der Waals surface area contributed by atoms with Gasteiger partial charge in [0.25, 0.3) is 11.2 Å². The van der Waals surface area contributed by atoms with E-state index in [0.29, 0.717) is 17.6 Å². The van der Waals surface area contributed by atoms with Gasteiger partial charge >= 0.3 is 6.18 Å². The van der Waals surface area contributed by atoms with E-state index < -0.39 is 22.2 Å². The molecule has 6 rings (SSSR count). The largest absolute Gasteiger partial charge is 0.416 e. The fourth-order valence-corrected chi connectivity index (χ4v) is 4.85. The number of alkyl halides is 3. The summed E-state index contributed by atoms with van der Waals surface area (Å²) >= 11 is 0. The minimum Gasteiger partial charge on any atom is -0.342 e. The molecule has 0 saturated carbocycles. The van der Waals surface area contributed by atoms with E-state index in [2.05, 4.69) is 10.1 Å². The predicted molar refractivity (Wildman–Crippen MR) is 154 cm³/mol. The van der Waals surface area contributed by atoms with E-state index in [4.69, 9.17) is 0 Å². The second-order valence-corrected chi connectivity index (χ2v) is 9.55. The topological polar surface area (TPSA) is 95.3 Å². The number of rotatable bonds is 6. The highest BCUT2D eigenvalue weighted by Crippen LogP contribution is 2.32. The van der Waals surface area contributed by atoms with Crippen molar-refractivity contribution in [2.75, 3.05) is 0 Å². The second kappa shape index (κ2) is 10.4. The Morgan fingerprint density at radius 1 is 0.905 bits per heavy atom. The summed E-state index contributed by atoms with van der Waals surface area (Å²) in [5.41, 5.74) is 1.16. The highest BCUT2D eigenvalue weighted by atomic mass is 19.4. The van der Waals surface area contributed by atoms with Crippen LogP contribution >= 0.6 is 0 Å². The van der Waals surface area contributed by atoms with Crippen LogP contribution in [0.3, 0.4) is 0 Å². The Morgan fingerprint density at radius 3 is 2.43 bits per heavy atom. The summed E-state index contributed by atoms with van der Waals surface area (Å²) < 4.78 is 43.4. The van der Waals surface area contributed by atoms with Gasteiger partial charge < -0.3 is 4.57 Å². The van der Waals surface area contributed by atoms with E-state index >= 15 is 0 Å². The number of hydrogen-bond acceptors (Lipinski definition) is 5. The lowest BCUT2D eigenvalue weighted by atomic mass is 10.1. The van der Waals surface area contributed by atoms with Crippen molar-refractivity contribution in [1.29, 1.82) is 0 Å². The number of aromatic nitrogens is 3. The summed E-state index contributed by atoms with van der Waals surface area (Å²) in [5.74, 6) is -0.0404. The van der Waals surface area contributed by atoms with Crippen molar-refractivity contribution < 1.29 is 18.1 Å². The molecule has 4 aromatic carbocycles. The van der Waals surface area contributed by atoms with Crippen LogP contribution in [0.2, 0.25) is 0 Å². The zero-order valence-corrected chi connectivity index (χ0v) is 21.7. The predicted octanol–water partition coefficient (Wildman–Crippen LogP) is 6.88. The molecule has 2 heterocycles. The van der Waals surface area contributed by atoms with Gasteiger partial charge in [-0.3, -0.25) is 14.9 Å². The van der Waals surface area contributed by atoms with Crippen LogP contribution in [0.25, 0.3) is 33.2 Å². The fraction of sp³-hybridized carbons (Fsp3) is 0.0645. The zero-order chi connectivity index (χ0) is 29.4. The number of benzene rings is 4. The van der Waals surface area contributed by atoms with Gasteiger partial charge in [0, 0.05) is 46.9 Å². The van der Waals surface area contributed by atoms with Crippen LogP contribution in [0.1, 0.15) is 16.7 Å². The molecule has 0 radical (unpaired) electrons. The molecule has 6 aromatic rings. The number of non-ortho nitro benzene ring substituents is 1. The summed E-state index contributed by atoms with van der Waals surface area (Å²) in [6, 6.07) is 25.0. The molecule has 8 nitrogen and oxygen atoms in total. The van der Waals surface area contributed by atoms with Crippen molar-refractivity contribution in [3.05, 3.63) is 140 Å². The van der Waals surface area contributed by atoms with Crippen LogP contribution in [0.15, 0.2) is 113 Å². The molecule has 0 aliphatic carbocycles. The SMILES string of the molecule is O=c1c2ccccc2nc(-c2cccc(C(F)(F)F)c2)n1N=Cc1cn(Cc2cccc([N+](=O)[O-])c2)c2ccccc12. The Hall–Kier alpha value is -5.58. The van der Waals surface area contributed by atoms with Gasteiger partial charge in [0.1, 0.15) is 0 Å². The maximum Gasteiger partial charge on any atom is 0.416 e. The summed E-state index contributed by atoms with van der Waals surface area (Å²) in [6.45, 7) is 0.336. The van der Waals surface area contributed by atoms with E-state index in [0.717, 1.165) is 33.3 Å². The van der Waals surface area contributed by atoms with Gasteiger partial charge in [-0.15, -0.1) is 0 Å². The Morgan fingerprint density at radius 2 is 1.64 bits per heavy atom. The van der Waals surface area contributed by atoms with Crippen molar-refractivity contribution in [2.24, 2.45) is 5.10 Å². The van der Waals surface area contributed by atoms with Crippen LogP contribution in [0.4, 0.5) is 18.9 Å². The van der Waals surface area contributed by atoms with Crippen molar-refractivity contribution in [3.8, 4) is 11.4 Å². The number of hydrogen-bond donors (Lipinski definition) is 0. The van der Waals surface area contributed by atoms with Gasteiger partial charge in [0.05, 0.1) is 27.6 Å². The van der Waals surface area contributed by atoms with Crippen molar-refractivity contribution in [1.82, 2.24) is 14.2 Å². The lowest BCUT2D eigenvalue weighted by molar-refractivity contribution is -0.384. The van der Waals surface area contributed by atoms with Crippen LogP contribution in [0.5, 0.6) is 0 Å². The molecule has 0 atom stereocenters. The summed E-state index contributed by atoms with van der Waals surface area (Å²) in [7, 11) is 0. The Balaban J connectivity index is 1.48. The monoisotopic (exact) mass is 567 g/mol. The number of halogens is 3. The minimum atomic E-state index is -4.58. The third-order valence-electron chi connectivity index (χ3n) is 6.81. The maximum atomic E-state index is 13.5. The van der Waals surface area contributed by atoms with E-state index in [1.54, 1.807) is 42.6 Å². The van der Waals surface area contributed by atoms with Crippen LogP contribution in [-0.4, -0.2) is 25.4 Å². The summed E-state index contributed by atoms with van der Waals surface area (Å²) in [6.07, 6.45) is -1.32. The highest BCUT2D eigenvalue weighted by molar-refractivity contribution is 5.99. The number of nitro groups is 1. The van der Waals surface area contributed by atoms with E-state index in [-0.39, 0.29) is 22.5 Å². The molecule has 0 bridgehead atoms. The van der Waals surface area contributed by atoms with Crippen LogP contribution < -0.4 is 5.56 Å². The molecule has 0 N–H and O–H groups in total. The first-order valence-electron chi connectivity index (χ1n) is 12.7. The van der Waals surface area contributed by atoms with Gasteiger partial charge in [-0.25, -0.2) is 4.98 Å². The van der Waals surface area contributed by atoms with Gasteiger partial charge in [-0.1, -0.05) is 54.6 Å². The van der Waals surface area contributed by atoms with Crippen LogP contribution in [0, 0.1) is 10.1 Å². The average molecular weight is 568 g/mol. The van der Waals surface area contributed by atoms with E-state index in [1.807, 2.05) is 28.8 Å². The molecular weight excluding hydrogens is 547 g/mol. The molecular formula is C31H20F3N5O3. The highest BCUT2D eigenvalue weighted by Gasteiger charge is 2.31. The Kier molecular flexibility index (Phi) is 6.62. The molecule has 42 heavy (non-hydrogen) atoms. The zero-order valence-electron chi connectivity index (χ0n) is 21.7. The van der Waals surface area contributed by atoms with E-state index in [1.165, 1.54) is 30.5 Å². The third kappa shape index (κ3) is 5.03. The van der Waals surface area contributed by atoms with Crippen molar-refractivity contribution >= 4 is 33.7 Å². The number of nitrogens with zero attached hydrogens (tertiary/aromatic N) is 5. The van der Waals surface area contributed by atoms with Gasteiger partial charge in [-0.05, 0) is 35.9 Å². The standard InChI is InChI=1S/C31H20F3N5O3/c32-31(33,34)23-9-6-8-21(16-23)29-36-27-13-3-1-12-26(27)30(40)38(29)35-17-22-19-37(28-14-4-2-11-25(22)28)18-20-7-5-10-24(15-20)39(41)42/h1-17,19H,18H2. The first kappa shape index (κ1) is 26.6. The molecule has 0 aliphatic heterocycles. The lowest BCUT2D eigenvalue weighted by Gasteiger charge is -2.12.